The smallest absolute Gasteiger partial charge is 0.338 e. The summed E-state index contributed by atoms with van der Waals surface area (Å²) < 4.78 is 20.7. The van der Waals surface area contributed by atoms with Crippen LogP contribution in [0.25, 0.3) is 0 Å². The number of methoxy groups -OCH3 is 3. The first kappa shape index (κ1) is 20.1. The van der Waals surface area contributed by atoms with Crippen LogP contribution in [0.3, 0.4) is 0 Å². The zero-order valence-corrected chi connectivity index (χ0v) is 16.0. The molecule has 1 N–H and O–H groups in total. The van der Waals surface area contributed by atoms with Gasteiger partial charge in [0.25, 0.3) is 5.91 Å². The van der Waals surface area contributed by atoms with E-state index in [0.29, 0.717) is 22.9 Å². The van der Waals surface area contributed by atoms with Crippen LogP contribution in [0.5, 0.6) is 17.2 Å². The van der Waals surface area contributed by atoms with Gasteiger partial charge in [-0.25, -0.2) is 4.79 Å². The minimum atomic E-state index is -0.676. The summed E-state index contributed by atoms with van der Waals surface area (Å²) in [6, 6.07) is 8.52. The third-order valence-electron chi connectivity index (χ3n) is 4.11. The highest BCUT2D eigenvalue weighted by Crippen LogP contribution is 2.38. The normalized spacial score (nSPS) is 10.1. The lowest BCUT2D eigenvalue weighted by Crippen LogP contribution is -2.21. The van der Waals surface area contributed by atoms with E-state index >= 15 is 0 Å². The predicted molar refractivity (Wildman–Crippen MR) is 101 cm³/mol. The highest BCUT2D eigenvalue weighted by Gasteiger charge is 2.18. The van der Waals surface area contributed by atoms with Gasteiger partial charge in [-0.1, -0.05) is 12.1 Å². The highest BCUT2D eigenvalue weighted by atomic mass is 16.5. The maximum absolute atomic E-state index is 12.3. The molecule has 0 fully saturated rings. The lowest BCUT2D eigenvalue weighted by atomic mass is 10.1. The standard InChI is InChI=1S/C20H23NO6/c1-12-7-6-8-15(13(12)2)21-18(22)11-27-20(23)14-9-16(24-3)19(26-5)17(10-14)25-4/h6-10H,11H2,1-5H3,(H,21,22). The molecule has 0 aromatic heterocycles. The predicted octanol–water partition coefficient (Wildman–Crippen LogP) is 3.12. The Kier molecular flexibility index (Phi) is 6.65. The number of ether oxygens (including phenoxy) is 4. The van der Waals surface area contributed by atoms with Gasteiger partial charge in [0.1, 0.15) is 0 Å². The molecule has 7 nitrogen and oxygen atoms in total. The largest absolute Gasteiger partial charge is 0.493 e. The molecule has 0 heterocycles. The first-order valence-corrected chi connectivity index (χ1v) is 8.24. The van der Waals surface area contributed by atoms with E-state index in [-0.39, 0.29) is 5.56 Å². The summed E-state index contributed by atoms with van der Waals surface area (Å²) >= 11 is 0. The monoisotopic (exact) mass is 373 g/mol. The first-order chi connectivity index (χ1) is 12.9. The lowest BCUT2D eigenvalue weighted by Gasteiger charge is -2.14. The van der Waals surface area contributed by atoms with Crippen LogP contribution in [0.2, 0.25) is 0 Å². The van der Waals surface area contributed by atoms with Gasteiger partial charge >= 0.3 is 5.97 Å². The molecule has 1 amide bonds. The minimum absolute atomic E-state index is 0.184. The topological polar surface area (TPSA) is 83.1 Å². The van der Waals surface area contributed by atoms with Crippen LogP contribution in [-0.4, -0.2) is 39.8 Å². The van der Waals surface area contributed by atoms with Crippen molar-refractivity contribution in [1.29, 1.82) is 0 Å². The Labute approximate surface area is 158 Å². The first-order valence-electron chi connectivity index (χ1n) is 8.24. The van der Waals surface area contributed by atoms with Crippen LogP contribution in [0.1, 0.15) is 21.5 Å². The number of rotatable bonds is 7. The molecule has 0 aliphatic rings. The van der Waals surface area contributed by atoms with Crippen LogP contribution in [0, 0.1) is 13.8 Å². The Morgan fingerprint density at radius 2 is 1.59 bits per heavy atom. The number of benzene rings is 2. The van der Waals surface area contributed by atoms with Gasteiger partial charge in [-0.2, -0.15) is 0 Å². The molecule has 2 aromatic carbocycles. The second kappa shape index (κ2) is 8.93. The Balaban J connectivity index is 2.07. The van der Waals surface area contributed by atoms with Crippen molar-refractivity contribution < 1.29 is 28.5 Å². The fourth-order valence-corrected chi connectivity index (χ4v) is 2.49. The molecule has 0 radical (unpaired) electrons. The van der Waals surface area contributed by atoms with Crippen molar-refractivity contribution in [3.8, 4) is 17.2 Å². The molecule has 0 aliphatic heterocycles. The highest BCUT2D eigenvalue weighted by molar-refractivity contribution is 5.96. The number of esters is 1. The Bertz CT molecular complexity index is 821. The fourth-order valence-electron chi connectivity index (χ4n) is 2.49. The third kappa shape index (κ3) is 4.69. The van der Waals surface area contributed by atoms with E-state index in [4.69, 9.17) is 18.9 Å². The van der Waals surface area contributed by atoms with E-state index in [2.05, 4.69) is 5.32 Å². The summed E-state index contributed by atoms with van der Waals surface area (Å²) in [6.07, 6.45) is 0. The number of hydrogen-bond donors (Lipinski definition) is 1. The molecule has 7 heteroatoms. The zero-order chi connectivity index (χ0) is 20.0. The van der Waals surface area contributed by atoms with Crippen molar-refractivity contribution in [3.05, 3.63) is 47.0 Å². The average Bonchev–Trinajstić information content (AvgIpc) is 2.68. The molecule has 27 heavy (non-hydrogen) atoms. The van der Waals surface area contributed by atoms with Crippen molar-refractivity contribution in [1.82, 2.24) is 0 Å². The number of carbonyl (C=O) groups excluding carboxylic acids is 2. The van der Waals surface area contributed by atoms with Gasteiger partial charge in [0, 0.05) is 5.69 Å². The average molecular weight is 373 g/mol. The zero-order valence-electron chi connectivity index (χ0n) is 16.0. The number of aryl methyl sites for hydroxylation is 1. The molecule has 0 unspecified atom stereocenters. The molecular weight excluding hydrogens is 350 g/mol. The van der Waals surface area contributed by atoms with E-state index in [1.807, 2.05) is 26.0 Å². The van der Waals surface area contributed by atoms with Crippen molar-refractivity contribution in [2.24, 2.45) is 0 Å². The molecule has 0 aliphatic carbocycles. The summed E-state index contributed by atoms with van der Waals surface area (Å²) in [6.45, 7) is 3.45. The molecule has 0 bridgehead atoms. The number of hydrogen-bond acceptors (Lipinski definition) is 6. The van der Waals surface area contributed by atoms with E-state index in [0.717, 1.165) is 11.1 Å². The molecule has 0 saturated carbocycles. The van der Waals surface area contributed by atoms with E-state index in [9.17, 15) is 9.59 Å². The summed E-state index contributed by atoms with van der Waals surface area (Å²) in [7, 11) is 4.37. The summed E-state index contributed by atoms with van der Waals surface area (Å²) in [5.74, 6) is -0.0913. The quantitative estimate of drug-likeness (QED) is 0.751. The van der Waals surface area contributed by atoms with Gasteiger partial charge in [0.2, 0.25) is 5.75 Å². The summed E-state index contributed by atoms with van der Waals surface area (Å²) in [5.41, 5.74) is 2.89. The number of anilines is 1. The molecular formula is C20H23NO6. The van der Waals surface area contributed by atoms with Crippen LogP contribution in [0.4, 0.5) is 5.69 Å². The van der Waals surface area contributed by atoms with E-state index in [1.54, 1.807) is 6.07 Å². The second-order valence-electron chi connectivity index (χ2n) is 5.79. The van der Waals surface area contributed by atoms with Gasteiger partial charge in [0.15, 0.2) is 18.1 Å². The maximum Gasteiger partial charge on any atom is 0.338 e. The Morgan fingerprint density at radius 1 is 0.963 bits per heavy atom. The van der Waals surface area contributed by atoms with Crippen LogP contribution < -0.4 is 19.5 Å². The van der Waals surface area contributed by atoms with Crippen molar-refractivity contribution in [2.75, 3.05) is 33.3 Å². The number of amides is 1. The molecule has 0 saturated heterocycles. The SMILES string of the molecule is COc1cc(C(=O)OCC(=O)Nc2cccc(C)c2C)cc(OC)c1OC. The van der Waals surface area contributed by atoms with E-state index in [1.165, 1.54) is 33.5 Å². The Hall–Kier alpha value is -3.22. The minimum Gasteiger partial charge on any atom is -0.493 e. The molecule has 2 rings (SSSR count). The third-order valence-corrected chi connectivity index (χ3v) is 4.11. The summed E-state index contributed by atoms with van der Waals surface area (Å²) in [4.78, 5) is 24.4. The maximum atomic E-state index is 12.3. The second-order valence-corrected chi connectivity index (χ2v) is 5.79. The van der Waals surface area contributed by atoms with Crippen LogP contribution in [0.15, 0.2) is 30.3 Å². The van der Waals surface area contributed by atoms with Gasteiger partial charge in [-0.05, 0) is 43.2 Å². The van der Waals surface area contributed by atoms with Gasteiger partial charge in [-0.15, -0.1) is 0 Å². The van der Waals surface area contributed by atoms with Gasteiger partial charge < -0.3 is 24.3 Å². The number of carbonyl (C=O) groups is 2. The number of nitrogens with one attached hydrogen (secondary N) is 1. The summed E-state index contributed by atoms with van der Waals surface area (Å²) in [5, 5.41) is 2.74. The molecule has 2 aromatic rings. The van der Waals surface area contributed by atoms with Crippen molar-refractivity contribution in [3.63, 3.8) is 0 Å². The Morgan fingerprint density at radius 3 is 2.15 bits per heavy atom. The van der Waals surface area contributed by atoms with Crippen molar-refractivity contribution >= 4 is 17.6 Å². The van der Waals surface area contributed by atoms with Crippen LogP contribution >= 0.6 is 0 Å². The lowest BCUT2D eigenvalue weighted by molar-refractivity contribution is -0.119. The van der Waals surface area contributed by atoms with Gasteiger partial charge in [-0.3, -0.25) is 4.79 Å². The fraction of sp³-hybridized carbons (Fsp3) is 0.300. The molecule has 144 valence electrons. The van der Waals surface area contributed by atoms with Crippen LogP contribution in [-0.2, 0) is 9.53 Å². The van der Waals surface area contributed by atoms with E-state index < -0.39 is 18.5 Å². The molecule has 0 spiro atoms. The molecule has 0 atom stereocenters. The van der Waals surface area contributed by atoms with Gasteiger partial charge in [0.05, 0.1) is 26.9 Å². The van der Waals surface area contributed by atoms with Crippen molar-refractivity contribution in [2.45, 2.75) is 13.8 Å².